The van der Waals surface area contributed by atoms with Gasteiger partial charge in [0.25, 0.3) is 0 Å². The highest BCUT2D eigenvalue weighted by atomic mass is 35.5. The zero-order valence-electron chi connectivity index (χ0n) is 16.2. The summed E-state index contributed by atoms with van der Waals surface area (Å²) in [7, 11) is 0. The summed E-state index contributed by atoms with van der Waals surface area (Å²) in [6.07, 6.45) is 0. The minimum atomic E-state index is 0. The summed E-state index contributed by atoms with van der Waals surface area (Å²) in [6.45, 7) is 8.14. The van der Waals surface area contributed by atoms with Crippen molar-refractivity contribution in [2.24, 2.45) is 0 Å². The lowest BCUT2D eigenvalue weighted by Gasteiger charge is -2.29. The summed E-state index contributed by atoms with van der Waals surface area (Å²) in [6, 6.07) is 16.7. The Morgan fingerprint density at radius 1 is 1.07 bits per heavy atom. The fourth-order valence-electron chi connectivity index (χ4n) is 3.43. The van der Waals surface area contributed by atoms with E-state index in [4.69, 9.17) is 9.47 Å². The third kappa shape index (κ3) is 4.49. The van der Waals surface area contributed by atoms with E-state index < -0.39 is 0 Å². The zero-order valence-corrected chi connectivity index (χ0v) is 17.0. The Morgan fingerprint density at radius 3 is 2.54 bits per heavy atom. The minimum Gasteiger partial charge on any atom is -1.00 e. The molecule has 1 N–H and O–H groups in total. The van der Waals surface area contributed by atoms with Gasteiger partial charge in [-0.3, -0.25) is 4.98 Å². The van der Waals surface area contributed by atoms with Crippen LogP contribution in [-0.2, 0) is 4.74 Å². The molecule has 2 heterocycles. The van der Waals surface area contributed by atoms with E-state index in [9.17, 15) is 0 Å². The number of nitrogens with zero attached hydrogens (tertiary/aromatic N) is 2. The quantitative estimate of drug-likeness (QED) is 0.706. The van der Waals surface area contributed by atoms with E-state index in [1.165, 1.54) is 5.69 Å². The summed E-state index contributed by atoms with van der Waals surface area (Å²) in [4.78, 5) is 7.00. The van der Waals surface area contributed by atoms with Crippen LogP contribution in [0.1, 0.15) is 12.6 Å². The molecular formula is C22H25ClN3O2-. The second-order valence-electron chi connectivity index (χ2n) is 6.69. The van der Waals surface area contributed by atoms with Crippen LogP contribution in [0, 0.1) is 6.92 Å². The van der Waals surface area contributed by atoms with Crippen LogP contribution in [0.5, 0.6) is 5.75 Å². The molecule has 5 nitrogen and oxygen atoms in total. The lowest BCUT2D eigenvalue weighted by atomic mass is 10.1. The number of nitrogens with one attached hydrogen (secondary N) is 1. The third-order valence-corrected chi connectivity index (χ3v) is 4.74. The average molecular weight is 399 g/mol. The number of anilines is 3. The molecule has 2 aromatic carbocycles. The standard InChI is InChI=1S/C22H25N3O2.ClH/c1-3-27-19-8-9-21-20(15-19)22(14-16(2)23-21)24-17-4-6-18(7-5-17)25-10-12-26-13-11-25;/h4-9,14-15H,3,10-13H2,1-2H3,(H,23,24);1H/p-1. The number of ether oxygens (including phenoxy) is 2. The summed E-state index contributed by atoms with van der Waals surface area (Å²) >= 11 is 0. The molecule has 1 aliphatic rings. The largest absolute Gasteiger partial charge is 1.00 e. The second-order valence-corrected chi connectivity index (χ2v) is 6.69. The Labute approximate surface area is 172 Å². The van der Waals surface area contributed by atoms with Gasteiger partial charge in [0.05, 0.1) is 25.3 Å². The van der Waals surface area contributed by atoms with Crippen molar-refractivity contribution in [2.45, 2.75) is 13.8 Å². The maximum absolute atomic E-state index is 5.66. The van der Waals surface area contributed by atoms with Gasteiger partial charge >= 0.3 is 0 Å². The fourth-order valence-corrected chi connectivity index (χ4v) is 3.43. The molecule has 4 rings (SSSR count). The number of morpholine rings is 1. The number of benzene rings is 2. The van der Waals surface area contributed by atoms with Gasteiger partial charge in [0, 0.05) is 41.2 Å². The average Bonchev–Trinajstić information content (AvgIpc) is 2.70. The van der Waals surface area contributed by atoms with Crippen LogP contribution in [-0.4, -0.2) is 37.9 Å². The number of rotatable bonds is 5. The van der Waals surface area contributed by atoms with Crippen LogP contribution in [0.4, 0.5) is 17.1 Å². The minimum absolute atomic E-state index is 0. The molecule has 0 amide bonds. The molecule has 28 heavy (non-hydrogen) atoms. The smallest absolute Gasteiger partial charge is 0.120 e. The van der Waals surface area contributed by atoms with E-state index in [-0.39, 0.29) is 12.4 Å². The predicted octanol–water partition coefficient (Wildman–Crippen LogP) is 1.53. The second kappa shape index (κ2) is 9.13. The van der Waals surface area contributed by atoms with E-state index >= 15 is 0 Å². The molecule has 1 aromatic heterocycles. The van der Waals surface area contributed by atoms with Crippen LogP contribution < -0.4 is 27.4 Å². The first-order valence-electron chi connectivity index (χ1n) is 9.47. The Kier molecular flexibility index (Phi) is 6.60. The van der Waals surface area contributed by atoms with Crippen molar-refractivity contribution in [3.63, 3.8) is 0 Å². The van der Waals surface area contributed by atoms with E-state index in [0.717, 1.165) is 60.0 Å². The molecule has 1 aliphatic heterocycles. The SMILES string of the molecule is CCOc1ccc2nc(C)cc(Nc3ccc(N4CCOCC4)cc3)c2c1.[Cl-]. The molecular weight excluding hydrogens is 374 g/mol. The van der Waals surface area contributed by atoms with Gasteiger partial charge in [-0.15, -0.1) is 0 Å². The number of hydrogen-bond acceptors (Lipinski definition) is 5. The van der Waals surface area contributed by atoms with Gasteiger partial charge in [-0.25, -0.2) is 0 Å². The van der Waals surface area contributed by atoms with Crippen LogP contribution in [0.25, 0.3) is 10.9 Å². The number of aromatic nitrogens is 1. The topological polar surface area (TPSA) is 46.6 Å². The van der Waals surface area contributed by atoms with Crippen molar-refractivity contribution < 1.29 is 21.9 Å². The number of aryl methyl sites for hydroxylation is 1. The lowest BCUT2D eigenvalue weighted by molar-refractivity contribution is -0.00000686. The Hall–Kier alpha value is -2.50. The van der Waals surface area contributed by atoms with Crippen LogP contribution >= 0.6 is 0 Å². The predicted molar refractivity (Wildman–Crippen MR) is 110 cm³/mol. The van der Waals surface area contributed by atoms with Crippen molar-refractivity contribution in [2.75, 3.05) is 43.1 Å². The maximum Gasteiger partial charge on any atom is 0.120 e. The molecule has 0 radical (unpaired) electrons. The fraction of sp³-hybridized carbons (Fsp3) is 0.318. The summed E-state index contributed by atoms with van der Waals surface area (Å²) in [5.74, 6) is 0.862. The molecule has 0 bridgehead atoms. The van der Waals surface area contributed by atoms with E-state index in [1.54, 1.807) is 0 Å². The Bertz CT molecular complexity index is 925. The van der Waals surface area contributed by atoms with Gasteiger partial charge in [0.15, 0.2) is 0 Å². The molecule has 0 atom stereocenters. The zero-order chi connectivity index (χ0) is 18.6. The molecule has 148 valence electrons. The van der Waals surface area contributed by atoms with Gasteiger partial charge < -0.3 is 32.1 Å². The van der Waals surface area contributed by atoms with Crippen LogP contribution in [0.15, 0.2) is 48.5 Å². The van der Waals surface area contributed by atoms with Crippen molar-refractivity contribution in [1.82, 2.24) is 4.98 Å². The maximum atomic E-state index is 5.66. The van der Waals surface area contributed by atoms with Gasteiger partial charge in [0.2, 0.25) is 0 Å². The van der Waals surface area contributed by atoms with E-state index in [1.807, 2.05) is 26.0 Å². The van der Waals surface area contributed by atoms with Gasteiger partial charge in [-0.2, -0.15) is 0 Å². The normalized spacial score (nSPS) is 13.9. The Balaban J connectivity index is 0.00000225. The molecule has 1 fully saturated rings. The molecule has 1 saturated heterocycles. The van der Waals surface area contributed by atoms with Gasteiger partial charge in [0.1, 0.15) is 5.75 Å². The van der Waals surface area contributed by atoms with Crippen molar-refractivity contribution in [1.29, 1.82) is 0 Å². The van der Waals surface area contributed by atoms with Crippen molar-refractivity contribution in [3.05, 3.63) is 54.2 Å². The highest BCUT2D eigenvalue weighted by molar-refractivity contribution is 5.94. The molecule has 0 unspecified atom stereocenters. The third-order valence-electron chi connectivity index (χ3n) is 4.74. The number of fused-ring (bicyclic) bond motifs is 1. The van der Waals surface area contributed by atoms with E-state index in [0.29, 0.717) is 6.61 Å². The molecule has 0 spiro atoms. The molecule has 6 heteroatoms. The molecule has 0 saturated carbocycles. The lowest BCUT2D eigenvalue weighted by Crippen LogP contribution is -3.00. The first kappa shape index (κ1) is 20.2. The first-order chi connectivity index (χ1) is 13.2. The summed E-state index contributed by atoms with van der Waals surface area (Å²) in [5, 5.41) is 4.61. The number of halogens is 1. The highest BCUT2D eigenvalue weighted by Gasteiger charge is 2.11. The van der Waals surface area contributed by atoms with Crippen molar-refractivity contribution >= 4 is 28.0 Å². The van der Waals surface area contributed by atoms with E-state index in [2.05, 4.69) is 51.6 Å². The van der Waals surface area contributed by atoms with Crippen molar-refractivity contribution in [3.8, 4) is 5.75 Å². The summed E-state index contributed by atoms with van der Waals surface area (Å²) < 4.78 is 11.1. The monoisotopic (exact) mass is 398 g/mol. The summed E-state index contributed by atoms with van der Waals surface area (Å²) in [5.41, 5.74) is 5.28. The number of hydrogen-bond donors (Lipinski definition) is 1. The Morgan fingerprint density at radius 2 is 1.82 bits per heavy atom. The van der Waals surface area contributed by atoms with Gasteiger partial charge in [-0.1, -0.05) is 0 Å². The van der Waals surface area contributed by atoms with Gasteiger partial charge in [-0.05, 0) is 62.4 Å². The number of pyridine rings is 1. The van der Waals surface area contributed by atoms with Crippen LogP contribution in [0.3, 0.4) is 0 Å². The molecule has 0 aliphatic carbocycles. The first-order valence-corrected chi connectivity index (χ1v) is 9.47. The van der Waals surface area contributed by atoms with Crippen LogP contribution in [0.2, 0.25) is 0 Å². The highest BCUT2D eigenvalue weighted by Crippen LogP contribution is 2.30. The molecule has 3 aromatic rings.